The number of hydrazine groups is 1. The van der Waals surface area contributed by atoms with Crippen LogP contribution >= 0.6 is 31.9 Å². The highest BCUT2D eigenvalue weighted by Gasteiger charge is 2.41. The summed E-state index contributed by atoms with van der Waals surface area (Å²) < 4.78 is 0.728. The normalized spacial score (nSPS) is 22.0. The Labute approximate surface area is 153 Å². The maximum atomic E-state index is 12.3. The Kier molecular flexibility index (Phi) is 5.75. The lowest BCUT2D eigenvalue weighted by molar-refractivity contribution is -0.200. The van der Waals surface area contributed by atoms with E-state index in [-0.39, 0.29) is 30.4 Å². The molecule has 0 aromatic heterocycles. The van der Waals surface area contributed by atoms with E-state index in [0.29, 0.717) is 16.0 Å². The Bertz CT molecular complexity index is 630. The molecule has 2 saturated heterocycles. The highest BCUT2D eigenvalue weighted by molar-refractivity contribution is 9.14. The monoisotopic (exact) mass is 465 g/mol. The molecule has 9 nitrogen and oxygen atoms in total. The number of imide groups is 1. The minimum absolute atomic E-state index is 0.00980. The average Bonchev–Trinajstić information content (AvgIpc) is 3.11. The largest absolute Gasteiger partial charge is 0.339 e. The van der Waals surface area contributed by atoms with Crippen LogP contribution in [0.1, 0.15) is 19.8 Å². The van der Waals surface area contributed by atoms with Crippen molar-refractivity contribution in [3.63, 3.8) is 0 Å². The van der Waals surface area contributed by atoms with Crippen molar-refractivity contribution in [2.24, 2.45) is 5.92 Å². The molecule has 0 aliphatic carbocycles. The van der Waals surface area contributed by atoms with Crippen LogP contribution in [0.4, 0.5) is 0 Å². The lowest BCUT2D eigenvalue weighted by Crippen LogP contribution is -2.40. The molecule has 11 heteroatoms. The Morgan fingerprint density at radius 2 is 1.75 bits per heavy atom. The van der Waals surface area contributed by atoms with Gasteiger partial charge in [0.05, 0.1) is 23.5 Å². The minimum Gasteiger partial charge on any atom is -0.330 e. The Hall–Kier alpha value is -1.75. The first-order valence-corrected chi connectivity index (χ1v) is 8.48. The van der Waals surface area contributed by atoms with E-state index in [1.54, 1.807) is 6.92 Å². The Morgan fingerprint density at radius 3 is 2.25 bits per heavy atom. The zero-order chi connectivity index (χ0) is 18.0. The zero-order valence-corrected chi connectivity index (χ0v) is 15.7. The summed E-state index contributed by atoms with van der Waals surface area (Å²) in [6, 6.07) is 0. The summed E-state index contributed by atoms with van der Waals surface area (Å²) in [7, 11) is 0. The number of carbonyl (C=O) groups is 5. The number of carbonyl (C=O) groups excluding carboxylic acids is 5. The molecule has 0 N–H and O–H groups in total. The lowest BCUT2D eigenvalue weighted by Gasteiger charge is -2.23. The number of hydrogen-bond acceptors (Lipinski definition) is 6. The first kappa shape index (κ1) is 18.6. The van der Waals surface area contributed by atoms with Crippen molar-refractivity contribution in [2.75, 3.05) is 13.1 Å². The van der Waals surface area contributed by atoms with Crippen molar-refractivity contribution in [3.05, 3.63) is 8.96 Å². The molecule has 1 unspecified atom stereocenters. The van der Waals surface area contributed by atoms with Crippen LogP contribution in [-0.4, -0.2) is 58.3 Å². The van der Waals surface area contributed by atoms with E-state index < -0.39 is 29.6 Å². The van der Waals surface area contributed by atoms with Crippen molar-refractivity contribution in [2.45, 2.75) is 19.8 Å². The third-order valence-electron chi connectivity index (χ3n) is 3.48. The fourth-order valence-electron chi connectivity index (χ4n) is 2.23. The maximum absolute atomic E-state index is 12.3. The number of nitrogens with zero attached hydrogens (tertiary/aromatic N) is 3. The van der Waals surface area contributed by atoms with Gasteiger partial charge in [-0.1, -0.05) is 15.9 Å². The molecule has 0 saturated carbocycles. The van der Waals surface area contributed by atoms with Crippen molar-refractivity contribution in [1.82, 2.24) is 15.1 Å². The van der Waals surface area contributed by atoms with Crippen molar-refractivity contribution >= 4 is 62.0 Å². The zero-order valence-electron chi connectivity index (χ0n) is 12.5. The van der Waals surface area contributed by atoms with Gasteiger partial charge in [0, 0.05) is 17.3 Å². The van der Waals surface area contributed by atoms with Crippen LogP contribution in [-0.2, 0) is 28.8 Å². The molecule has 2 heterocycles. The quantitative estimate of drug-likeness (QED) is 0.338. The van der Waals surface area contributed by atoms with Crippen LogP contribution < -0.4 is 0 Å². The molecule has 0 aromatic rings. The van der Waals surface area contributed by atoms with Crippen molar-refractivity contribution in [3.8, 4) is 0 Å². The second kappa shape index (κ2) is 7.43. The topological polar surface area (TPSA) is 104 Å². The number of halogens is 2. The second-order valence-electron chi connectivity index (χ2n) is 5.15. The van der Waals surface area contributed by atoms with Crippen LogP contribution in [0.5, 0.6) is 0 Å². The molecule has 1 atom stereocenters. The van der Waals surface area contributed by atoms with Gasteiger partial charge in [-0.05, 0) is 22.9 Å². The minimum atomic E-state index is -0.865. The van der Waals surface area contributed by atoms with Crippen molar-refractivity contribution in [1.29, 1.82) is 0 Å². The highest BCUT2D eigenvalue weighted by atomic mass is 79.9. The maximum Gasteiger partial charge on any atom is 0.339 e. The summed E-state index contributed by atoms with van der Waals surface area (Å²) in [6.07, 6.45) is 0.398. The molecule has 2 rings (SSSR count). The molecule has 0 bridgehead atoms. The Balaban J connectivity index is 2.08. The molecule has 2 aliphatic rings. The van der Waals surface area contributed by atoms with Crippen molar-refractivity contribution < 1.29 is 28.8 Å². The molecule has 4 amide bonds. The van der Waals surface area contributed by atoms with Crippen LogP contribution in [0, 0.1) is 5.92 Å². The van der Waals surface area contributed by atoms with Gasteiger partial charge in [0.25, 0.3) is 17.7 Å². The number of amides is 4. The Morgan fingerprint density at radius 1 is 1.17 bits per heavy atom. The van der Waals surface area contributed by atoms with Gasteiger partial charge in [-0.2, -0.15) is 0 Å². The number of hydrogen-bond donors (Lipinski definition) is 0. The molecule has 0 spiro atoms. The fourth-order valence-corrected chi connectivity index (χ4v) is 2.60. The average molecular weight is 467 g/mol. The summed E-state index contributed by atoms with van der Waals surface area (Å²) in [4.78, 5) is 63.4. The van der Waals surface area contributed by atoms with E-state index in [1.807, 2.05) is 0 Å². The van der Waals surface area contributed by atoms with E-state index >= 15 is 0 Å². The summed E-state index contributed by atoms with van der Waals surface area (Å²) in [5.74, 6) is -3.41. The first-order valence-electron chi connectivity index (χ1n) is 6.89. The number of rotatable bonds is 4. The van der Waals surface area contributed by atoms with Crippen LogP contribution in [0.2, 0.25) is 0 Å². The summed E-state index contributed by atoms with van der Waals surface area (Å²) >= 11 is 6.25. The lowest BCUT2D eigenvalue weighted by atomic mass is 10.1. The summed E-state index contributed by atoms with van der Waals surface area (Å²) in [5, 5.41) is 2.57. The molecule has 0 aromatic carbocycles. The van der Waals surface area contributed by atoms with Gasteiger partial charge in [0.15, 0.2) is 0 Å². The summed E-state index contributed by atoms with van der Waals surface area (Å²) in [6.45, 7) is 1.44. The van der Waals surface area contributed by atoms with Crippen LogP contribution in [0.15, 0.2) is 8.96 Å². The number of hydroxylamine groups is 2. The third-order valence-corrected chi connectivity index (χ3v) is 5.34. The number of allylic oxidation sites excluding steroid dienone is 1. The second-order valence-corrected chi connectivity index (χ2v) is 7.13. The van der Waals surface area contributed by atoms with Gasteiger partial charge in [0.1, 0.15) is 0 Å². The van der Waals surface area contributed by atoms with E-state index in [1.165, 1.54) is 0 Å². The van der Waals surface area contributed by atoms with Gasteiger partial charge in [-0.25, -0.2) is 9.80 Å². The molecule has 130 valence electrons. The predicted molar refractivity (Wildman–Crippen MR) is 85.7 cm³/mol. The van der Waals surface area contributed by atoms with Crippen LogP contribution in [0.3, 0.4) is 0 Å². The van der Waals surface area contributed by atoms with Gasteiger partial charge in [-0.3, -0.25) is 24.2 Å². The smallest absolute Gasteiger partial charge is 0.330 e. The van der Waals surface area contributed by atoms with E-state index in [0.717, 1.165) is 10.0 Å². The highest BCUT2D eigenvalue weighted by Crippen LogP contribution is 2.25. The predicted octanol–water partition coefficient (Wildman–Crippen LogP) is 0.447. The van der Waals surface area contributed by atoms with Crippen LogP contribution in [0.25, 0.3) is 0 Å². The molecular weight excluding hydrogens is 454 g/mol. The van der Waals surface area contributed by atoms with Gasteiger partial charge in [0.2, 0.25) is 6.41 Å². The first-order chi connectivity index (χ1) is 11.3. The molecule has 0 radical (unpaired) electrons. The molecule has 2 fully saturated rings. The molecular formula is C13H13Br2N3O6. The standard InChI is InChI=1S/C13H13Br2N3O6/c1-7(14)11(15)12(22)17-5-8(4-16(17)6-19)13(23)24-18-9(20)2-3-10(18)21/h6,8H,2-5H2,1H3/b11-7-. The third kappa shape index (κ3) is 3.66. The van der Waals surface area contributed by atoms with Gasteiger partial charge in [-0.15, -0.1) is 5.06 Å². The van der Waals surface area contributed by atoms with E-state index in [2.05, 4.69) is 31.9 Å². The molecule has 24 heavy (non-hydrogen) atoms. The molecule has 2 aliphatic heterocycles. The SMILES string of the molecule is C/C(Br)=C(/Br)C(=O)N1CC(C(=O)ON2C(=O)CCC2=O)CN1C=O. The van der Waals surface area contributed by atoms with E-state index in [4.69, 9.17) is 4.84 Å². The fraction of sp³-hybridized carbons (Fsp3) is 0.462. The van der Waals surface area contributed by atoms with Gasteiger partial charge >= 0.3 is 5.97 Å². The van der Waals surface area contributed by atoms with Gasteiger partial charge < -0.3 is 4.84 Å². The van der Waals surface area contributed by atoms with E-state index in [9.17, 15) is 24.0 Å². The summed E-state index contributed by atoms with van der Waals surface area (Å²) in [5.41, 5.74) is 0.